The largest absolute Gasteiger partial charge is 0.397 e. The highest BCUT2D eigenvalue weighted by Crippen LogP contribution is 2.27. The van der Waals surface area contributed by atoms with Crippen LogP contribution in [0.2, 0.25) is 5.02 Å². The van der Waals surface area contributed by atoms with Crippen LogP contribution in [0.3, 0.4) is 0 Å². The van der Waals surface area contributed by atoms with Gasteiger partial charge in [0.2, 0.25) is 0 Å². The van der Waals surface area contributed by atoms with Crippen molar-refractivity contribution in [3.8, 4) is 0 Å². The molecular formula is C13H21ClN4. The Morgan fingerprint density at radius 1 is 1.44 bits per heavy atom. The predicted octanol–water partition coefficient (Wildman–Crippen LogP) is 2.09. The number of nitrogens with two attached hydrogens (primary N) is 1. The molecule has 1 aliphatic rings. The fourth-order valence-electron chi connectivity index (χ4n) is 2.41. The van der Waals surface area contributed by atoms with E-state index in [9.17, 15) is 0 Å². The first-order valence-corrected chi connectivity index (χ1v) is 6.73. The number of piperazine rings is 1. The Bertz CT molecular complexity index is 421. The predicted molar refractivity (Wildman–Crippen MR) is 77.1 cm³/mol. The second kappa shape index (κ2) is 5.33. The molecule has 0 aromatic carbocycles. The number of halogens is 1. The van der Waals surface area contributed by atoms with Crippen LogP contribution in [0.1, 0.15) is 13.8 Å². The molecule has 5 heteroatoms. The molecule has 0 amide bonds. The lowest BCUT2D eigenvalue weighted by molar-refractivity contribution is 0.236. The zero-order chi connectivity index (χ0) is 13.3. The van der Waals surface area contributed by atoms with E-state index in [1.807, 2.05) is 6.07 Å². The van der Waals surface area contributed by atoms with E-state index < -0.39 is 0 Å². The van der Waals surface area contributed by atoms with Crippen LogP contribution in [0.5, 0.6) is 0 Å². The van der Waals surface area contributed by atoms with Gasteiger partial charge in [0.25, 0.3) is 0 Å². The molecule has 0 spiro atoms. The van der Waals surface area contributed by atoms with Gasteiger partial charge in [-0.3, -0.25) is 0 Å². The molecule has 0 unspecified atom stereocenters. The molecule has 1 saturated heterocycles. The lowest BCUT2D eigenvalue weighted by Crippen LogP contribution is -2.54. The molecule has 0 bridgehead atoms. The number of anilines is 2. The van der Waals surface area contributed by atoms with Crippen LogP contribution in [0.4, 0.5) is 11.5 Å². The van der Waals surface area contributed by atoms with Gasteiger partial charge in [0, 0.05) is 37.9 Å². The molecular weight excluding hydrogens is 248 g/mol. The van der Waals surface area contributed by atoms with Crippen molar-refractivity contribution >= 4 is 23.1 Å². The summed E-state index contributed by atoms with van der Waals surface area (Å²) in [6.45, 7) is 7.58. The summed E-state index contributed by atoms with van der Waals surface area (Å²) in [5.74, 6) is 1.51. The number of hydrogen-bond donors (Lipinski definition) is 1. The van der Waals surface area contributed by atoms with E-state index in [-0.39, 0.29) is 0 Å². The van der Waals surface area contributed by atoms with Crippen LogP contribution < -0.4 is 10.6 Å². The maximum absolute atomic E-state index is 5.93. The maximum Gasteiger partial charge on any atom is 0.130 e. The van der Waals surface area contributed by atoms with E-state index in [0.29, 0.717) is 22.7 Å². The van der Waals surface area contributed by atoms with Gasteiger partial charge in [0.05, 0.1) is 10.7 Å². The Hall–Kier alpha value is -1.00. The summed E-state index contributed by atoms with van der Waals surface area (Å²) in [6.07, 6.45) is 1.64. The zero-order valence-electron chi connectivity index (χ0n) is 11.2. The SMILES string of the molecule is CC(C)[C@H]1CN(C)CCN1c1cc(N)c(Cl)cn1. The normalized spacial score (nSPS) is 21.6. The summed E-state index contributed by atoms with van der Waals surface area (Å²) in [4.78, 5) is 9.12. The lowest BCUT2D eigenvalue weighted by Gasteiger charge is -2.43. The highest BCUT2D eigenvalue weighted by molar-refractivity contribution is 6.32. The number of likely N-dealkylation sites (N-methyl/N-ethyl adjacent to an activating group) is 1. The Morgan fingerprint density at radius 3 is 2.78 bits per heavy atom. The summed E-state index contributed by atoms with van der Waals surface area (Å²) >= 11 is 5.93. The quantitative estimate of drug-likeness (QED) is 0.892. The Kier molecular flexibility index (Phi) is 3.97. The molecule has 18 heavy (non-hydrogen) atoms. The average Bonchev–Trinajstić information content (AvgIpc) is 2.32. The maximum atomic E-state index is 5.93. The molecule has 1 aromatic rings. The van der Waals surface area contributed by atoms with E-state index in [2.05, 4.69) is 35.7 Å². The van der Waals surface area contributed by atoms with E-state index in [1.165, 1.54) is 0 Å². The second-order valence-electron chi connectivity index (χ2n) is 5.33. The summed E-state index contributed by atoms with van der Waals surface area (Å²) in [6, 6.07) is 2.35. The van der Waals surface area contributed by atoms with Gasteiger partial charge in [0.1, 0.15) is 5.82 Å². The van der Waals surface area contributed by atoms with Crippen LogP contribution in [0.25, 0.3) is 0 Å². The summed E-state index contributed by atoms with van der Waals surface area (Å²) in [5.41, 5.74) is 6.47. The van der Waals surface area contributed by atoms with Gasteiger partial charge in [-0.15, -0.1) is 0 Å². The Morgan fingerprint density at radius 2 is 2.17 bits per heavy atom. The van der Waals surface area contributed by atoms with Crippen molar-refractivity contribution in [1.82, 2.24) is 9.88 Å². The van der Waals surface area contributed by atoms with Crippen LogP contribution in [-0.4, -0.2) is 42.6 Å². The molecule has 1 aromatic heterocycles. The van der Waals surface area contributed by atoms with Crippen LogP contribution in [0.15, 0.2) is 12.3 Å². The minimum absolute atomic E-state index is 0.469. The van der Waals surface area contributed by atoms with Crippen molar-refractivity contribution in [2.24, 2.45) is 5.92 Å². The molecule has 1 aliphatic heterocycles. The van der Waals surface area contributed by atoms with Gasteiger partial charge in [-0.2, -0.15) is 0 Å². The number of aromatic nitrogens is 1. The summed E-state index contributed by atoms with van der Waals surface area (Å²) in [5, 5.41) is 0.522. The van der Waals surface area contributed by atoms with Gasteiger partial charge < -0.3 is 15.5 Å². The first-order valence-electron chi connectivity index (χ1n) is 6.35. The molecule has 0 saturated carbocycles. The minimum atomic E-state index is 0.469. The first kappa shape index (κ1) is 13.4. The third kappa shape index (κ3) is 2.70. The van der Waals surface area contributed by atoms with Crippen molar-refractivity contribution in [2.75, 3.05) is 37.3 Å². The van der Waals surface area contributed by atoms with E-state index in [0.717, 1.165) is 25.5 Å². The van der Waals surface area contributed by atoms with Crippen molar-refractivity contribution in [1.29, 1.82) is 0 Å². The topological polar surface area (TPSA) is 45.4 Å². The standard InChI is InChI=1S/C13H21ClN4/c1-9(2)12-8-17(3)4-5-18(12)13-6-11(15)10(14)7-16-13/h6-7,9,12H,4-5,8H2,1-3H3,(H2,15,16)/t12-/m1/s1. The first-order chi connectivity index (χ1) is 8.49. The molecule has 2 N–H and O–H groups in total. The molecule has 0 aliphatic carbocycles. The van der Waals surface area contributed by atoms with Gasteiger partial charge in [-0.1, -0.05) is 25.4 Å². The van der Waals surface area contributed by atoms with Gasteiger partial charge >= 0.3 is 0 Å². The van der Waals surface area contributed by atoms with Crippen molar-refractivity contribution < 1.29 is 0 Å². The third-order valence-corrected chi connectivity index (χ3v) is 3.87. The highest BCUT2D eigenvalue weighted by atomic mass is 35.5. The number of pyridine rings is 1. The molecule has 100 valence electrons. The lowest BCUT2D eigenvalue weighted by atomic mass is 10.00. The Balaban J connectivity index is 2.26. The van der Waals surface area contributed by atoms with Crippen molar-refractivity contribution in [3.05, 3.63) is 17.3 Å². The molecule has 1 atom stereocenters. The smallest absolute Gasteiger partial charge is 0.130 e. The second-order valence-corrected chi connectivity index (χ2v) is 5.74. The summed E-state index contributed by atoms with van der Waals surface area (Å²) in [7, 11) is 2.16. The van der Waals surface area contributed by atoms with Crippen LogP contribution in [-0.2, 0) is 0 Å². The average molecular weight is 269 g/mol. The number of hydrogen-bond acceptors (Lipinski definition) is 4. The van der Waals surface area contributed by atoms with Gasteiger partial charge in [0.15, 0.2) is 0 Å². The Labute approximate surface area is 114 Å². The number of rotatable bonds is 2. The summed E-state index contributed by atoms with van der Waals surface area (Å²) < 4.78 is 0. The van der Waals surface area contributed by atoms with Gasteiger partial charge in [-0.25, -0.2) is 4.98 Å². The van der Waals surface area contributed by atoms with Crippen LogP contribution >= 0.6 is 11.6 Å². The number of nitrogen functional groups attached to an aromatic ring is 1. The highest BCUT2D eigenvalue weighted by Gasteiger charge is 2.28. The molecule has 2 rings (SSSR count). The fourth-order valence-corrected chi connectivity index (χ4v) is 2.51. The van der Waals surface area contributed by atoms with Crippen LogP contribution in [0, 0.1) is 5.92 Å². The molecule has 4 nitrogen and oxygen atoms in total. The minimum Gasteiger partial charge on any atom is -0.397 e. The third-order valence-electron chi connectivity index (χ3n) is 3.56. The molecule has 1 fully saturated rings. The van der Waals surface area contributed by atoms with Crippen molar-refractivity contribution in [2.45, 2.75) is 19.9 Å². The zero-order valence-corrected chi connectivity index (χ0v) is 12.0. The fraction of sp³-hybridized carbons (Fsp3) is 0.615. The van der Waals surface area contributed by atoms with E-state index in [1.54, 1.807) is 6.20 Å². The van der Waals surface area contributed by atoms with E-state index >= 15 is 0 Å². The number of nitrogens with zero attached hydrogens (tertiary/aromatic N) is 3. The monoisotopic (exact) mass is 268 g/mol. The van der Waals surface area contributed by atoms with E-state index in [4.69, 9.17) is 17.3 Å². The molecule has 2 heterocycles. The molecule has 0 radical (unpaired) electrons. The van der Waals surface area contributed by atoms with Crippen molar-refractivity contribution in [3.63, 3.8) is 0 Å². The van der Waals surface area contributed by atoms with Gasteiger partial charge in [-0.05, 0) is 13.0 Å².